The minimum absolute atomic E-state index is 0.217. The molecule has 2 rings (SSSR count). The fourth-order valence-corrected chi connectivity index (χ4v) is 1.75. The van der Waals surface area contributed by atoms with Crippen LogP contribution in [0.25, 0.3) is 10.9 Å². The van der Waals surface area contributed by atoms with Gasteiger partial charge in [-0.3, -0.25) is 4.98 Å². The van der Waals surface area contributed by atoms with E-state index in [1.54, 1.807) is 13.0 Å². The number of fused-ring (bicyclic) bond motifs is 1. The molecular formula is C12H10F3NO. The van der Waals surface area contributed by atoms with Crippen LogP contribution in [0.4, 0.5) is 13.2 Å². The molecule has 0 aliphatic carbocycles. The molecule has 0 amide bonds. The number of halogens is 3. The highest BCUT2D eigenvalue weighted by atomic mass is 19.4. The van der Waals surface area contributed by atoms with Crippen molar-refractivity contribution < 1.29 is 18.3 Å². The third-order valence-electron chi connectivity index (χ3n) is 2.52. The summed E-state index contributed by atoms with van der Waals surface area (Å²) >= 11 is 0. The van der Waals surface area contributed by atoms with E-state index in [-0.39, 0.29) is 12.1 Å². The van der Waals surface area contributed by atoms with Gasteiger partial charge in [0.25, 0.3) is 0 Å². The van der Waals surface area contributed by atoms with E-state index in [1.165, 1.54) is 6.07 Å². The lowest BCUT2D eigenvalue weighted by Crippen LogP contribution is -2.05. The maximum absolute atomic E-state index is 12.5. The highest BCUT2D eigenvalue weighted by Gasteiger charge is 2.30. The highest BCUT2D eigenvalue weighted by Crippen LogP contribution is 2.31. The van der Waals surface area contributed by atoms with E-state index >= 15 is 0 Å². The quantitative estimate of drug-likeness (QED) is 0.832. The summed E-state index contributed by atoms with van der Waals surface area (Å²) in [6.07, 6.45) is -4.38. The predicted molar refractivity (Wildman–Crippen MR) is 57.4 cm³/mol. The number of alkyl halides is 3. The first-order valence-corrected chi connectivity index (χ1v) is 5.00. The van der Waals surface area contributed by atoms with Crippen molar-refractivity contribution in [2.24, 2.45) is 0 Å². The minimum atomic E-state index is -4.38. The fraction of sp³-hybridized carbons (Fsp3) is 0.250. The van der Waals surface area contributed by atoms with Gasteiger partial charge in [-0.05, 0) is 30.7 Å². The van der Waals surface area contributed by atoms with Crippen LogP contribution in [0, 0.1) is 6.92 Å². The number of pyridine rings is 1. The number of hydrogen-bond acceptors (Lipinski definition) is 2. The maximum Gasteiger partial charge on any atom is 0.416 e. The number of aliphatic hydroxyl groups excluding tert-OH is 1. The fourth-order valence-electron chi connectivity index (χ4n) is 1.75. The molecule has 0 aliphatic heterocycles. The molecule has 0 spiro atoms. The van der Waals surface area contributed by atoms with Crippen LogP contribution in [-0.4, -0.2) is 10.1 Å². The van der Waals surface area contributed by atoms with Crippen LogP contribution < -0.4 is 0 Å². The molecular weight excluding hydrogens is 231 g/mol. The Labute approximate surface area is 95.7 Å². The molecule has 1 heterocycles. The molecule has 1 aromatic carbocycles. The van der Waals surface area contributed by atoms with Gasteiger partial charge in [0.2, 0.25) is 0 Å². The minimum Gasteiger partial charge on any atom is -0.392 e. The zero-order valence-electron chi connectivity index (χ0n) is 9.04. The van der Waals surface area contributed by atoms with Gasteiger partial charge >= 0.3 is 6.18 Å². The lowest BCUT2D eigenvalue weighted by molar-refractivity contribution is -0.137. The lowest BCUT2D eigenvalue weighted by Gasteiger charge is -2.09. The van der Waals surface area contributed by atoms with Crippen molar-refractivity contribution in [2.45, 2.75) is 19.7 Å². The maximum atomic E-state index is 12.5. The molecule has 2 aromatic rings. The number of aryl methyl sites for hydroxylation is 1. The first kappa shape index (κ1) is 11.9. The van der Waals surface area contributed by atoms with E-state index < -0.39 is 11.7 Å². The van der Waals surface area contributed by atoms with Crippen molar-refractivity contribution in [1.29, 1.82) is 0 Å². The average Bonchev–Trinajstić information content (AvgIpc) is 2.25. The molecule has 2 nitrogen and oxygen atoms in total. The third kappa shape index (κ3) is 2.24. The lowest BCUT2D eigenvalue weighted by atomic mass is 10.1. The summed E-state index contributed by atoms with van der Waals surface area (Å²) in [4.78, 5) is 4.05. The van der Waals surface area contributed by atoms with Crippen molar-refractivity contribution >= 4 is 10.9 Å². The van der Waals surface area contributed by atoms with Gasteiger partial charge in [0, 0.05) is 11.1 Å². The van der Waals surface area contributed by atoms with Crippen LogP contribution in [0.1, 0.15) is 16.8 Å². The van der Waals surface area contributed by atoms with Crippen LogP contribution in [0.2, 0.25) is 0 Å². The molecule has 0 bridgehead atoms. The molecule has 90 valence electrons. The van der Waals surface area contributed by atoms with Crippen LogP contribution in [0.5, 0.6) is 0 Å². The second-order valence-corrected chi connectivity index (χ2v) is 3.81. The van der Waals surface area contributed by atoms with Crippen molar-refractivity contribution in [3.8, 4) is 0 Å². The van der Waals surface area contributed by atoms with Gasteiger partial charge in [0.05, 0.1) is 17.7 Å². The normalized spacial score (nSPS) is 12.1. The molecule has 1 aromatic heterocycles. The molecule has 0 radical (unpaired) electrons. The molecule has 5 heteroatoms. The number of nitrogens with zero attached hydrogens (tertiary/aromatic N) is 1. The first-order valence-electron chi connectivity index (χ1n) is 5.00. The van der Waals surface area contributed by atoms with Crippen LogP contribution in [0.3, 0.4) is 0 Å². The summed E-state index contributed by atoms with van der Waals surface area (Å²) in [6.45, 7) is 1.46. The molecule has 0 unspecified atom stereocenters. The Balaban J connectivity index is 2.70. The van der Waals surface area contributed by atoms with E-state index in [1.807, 2.05) is 0 Å². The third-order valence-corrected chi connectivity index (χ3v) is 2.52. The molecule has 1 N–H and O–H groups in total. The molecule has 17 heavy (non-hydrogen) atoms. The Kier molecular flexibility index (Phi) is 2.79. The van der Waals surface area contributed by atoms with Crippen LogP contribution in [-0.2, 0) is 12.8 Å². The van der Waals surface area contributed by atoms with Crippen LogP contribution in [0.15, 0.2) is 24.3 Å². The Bertz CT molecular complexity index is 563. The number of aromatic nitrogens is 1. The van der Waals surface area contributed by atoms with Crippen molar-refractivity contribution in [1.82, 2.24) is 4.98 Å². The summed E-state index contributed by atoms with van der Waals surface area (Å²) in [5.74, 6) is 0. The van der Waals surface area contributed by atoms with Gasteiger partial charge in [0.1, 0.15) is 0 Å². The van der Waals surface area contributed by atoms with E-state index in [2.05, 4.69) is 4.98 Å². The number of aliphatic hydroxyl groups is 1. The average molecular weight is 241 g/mol. The van der Waals surface area contributed by atoms with Gasteiger partial charge in [-0.1, -0.05) is 6.07 Å². The molecule has 0 saturated heterocycles. The molecule has 0 aliphatic rings. The van der Waals surface area contributed by atoms with E-state index in [9.17, 15) is 13.2 Å². The summed E-state index contributed by atoms with van der Waals surface area (Å²) in [6, 6.07) is 5.01. The Morgan fingerprint density at radius 3 is 2.53 bits per heavy atom. The smallest absolute Gasteiger partial charge is 0.392 e. The van der Waals surface area contributed by atoms with Crippen molar-refractivity contribution in [3.05, 3.63) is 41.1 Å². The zero-order valence-corrected chi connectivity index (χ0v) is 9.04. The summed E-state index contributed by atoms with van der Waals surface area (Å²) in [5, 5.41) is 9.69. The van der Waals surface area contributed by atoms with Crippen molar-refractivity contribution in [2.75, 3.05) is 0 Å². The SMILES string of the molecule is Cc1cc(CO)c2ccc(C(F)(F)F)cc2n1. The van der Waals surface area contributed by atoms with E-state index in [0.717, 1.165) is 12.1 Å². The van der Waals surface area contributed by atoms with Gasteiger partial charge in [-0.2, -0.15) is 13.2 Å². The number of rotatable bonds is 1. The van der Waals surface area contributed by atoms with Crippen molar-refractivity contribution in [3.63, 3.8) is 0 Å². The van der Waals surface area contributed by atoms with Gasteiger partial charge in [-0.15, -0.1) is 0 Å². The van der Waals surface area contributed by atoms with E-state index in [4.69, 9.17) is 5.11 Å². The second kappa shape index (κ2) is 4.00. The second-order valence-electron chi connectivity index (χ2n) is 3.81. The summed E-state index contributed by atoms with van der Waals surface area (Å²) in [5.41, 5.74) is 0.693. The highest BCUT2D eigenvalue weighted by molar-refractivity contribution is 5.83. The Morgan fingerprint density at radius 2 is 1.94 bits per heavy atom. The van der Waals surface area contributed by atoms with Gasteiger partial charge < -0.3 is 5.11 Å². The number of hydrogen-bond donors (Lipinski definition) is 1. The zero-order chi connectivity index (χ0) is 12.6. The summed E-state index contributed by atoms with van der Waals surface area (Å²) in [7, 11) is 0. The first-order chi connectivity index (χ1) is 7.91. The van der Waals surface area contributed by atoms with Gasteiger partial charge in [-0.25, -0.2) is 0 Å². The Morgan fingerprint density at radius 1 is 1.24 bits per heavy atom. The van der Waals surface area contributed by atoms with E-state index in [0.29, 0.717) is 16.6 Å². The predicted octanol–water partition coefficient (Wildman–Crippen LogP) is 3.05. The molecule has 0 atom stereocenters. The largest absolute Gasteiger partial charge is 0.416 e. The summed E-state index contributed by atoms with van der Waals surface area (Å²) < 4.78 is 37.6. The van der Waals surface area contributed by atoms with Gasteiger partial charge in [0.15, 0.2) is 0 Å². The molecule has 0 saturated carbocycles. The molecule has 0 fully saturated rings. The van der Waals surface area contributed by atoms with Crippen LogP contribution >= 0.6 is 0 Å². The monoisotopic (exact) mass is 241 g/mol. The number of benzene rings is 1. The topological polar surface area (TPSA) is 33.1 Å². The Hall–Kier alpha value is -1.62. The standard InChI is InChI=1S/C12H10F3NO/c1-7-4-8(6-17)10-3-2-9(12(13,14)15)5-11(10)16-7/h2-5,17H,6H2,1H3.